The molecule has 0 bridgehead atoms. The van der Waals surface area contributed by atoms with Crippen molar-refractivity contribution in [3.05, 3.63) is 93.6 Å². The molecule has 10 heteroatoms. The van der Waals surface area contributed by atoms with E-state index >= 15 is 8.78 Å². The first-order chi connectivity index (χ1) is 19.2. The highest BCUT2D eigenvalue weighted by atomic mass is 35.5. The fourth-order valence-corrected chi connectivity index (χ4v) is 5.07. The molecule has 0 spiro atoms. The van der Waals surface area contributed by atoms with Crippen molar-refractivity contribution in [2.75, 3.05) is 44.6 Å². The number of para-hydroxylation sites is 1. The van der Waals surface area contributed by atoms with Gasteiger partial charge in [0.25, 0.3) is 0 Å². The van der Waals surface area contributed by atoms with Crippen LogP contribution in [0.5, 0.6) is 5.75 Å². The first kappa shape index (κ1) is 28.1. The predicted octanol–water partition coefficient (Wildman–Crippen LogP) is 7.00. The molecule has 40 heavy (non-hydrogen) atoms. The van der Waals surface area contributed by atoms with Gasteiger partial charge in [-0.15, -0.1) is 0 Å². The van der Waals surface area contributed by atoms with Gasteiger partial charge in [-0.2, -0.15) is 0 Å². The monoisotopic (exact) mass is 572 g/mol. The van der Waals surface area contributed by atoms with Gasteiger partial charge in [-0.1, -0.05) is 29.8 Å². The van der Waals surface area contributed by atoms with Crippen molar-refractivity contribution in [2.45, 2.75) is 20.4 Å². The van der Waals surface area contributed by atoms with Crippen molar-refractivity contribution in [3.8, 4) is 5.75 Å². The maximum absolute atomic E-state index is 15.5. The average molecular weight is 573 g/mol. The number of piperazine rings is 1. The lowest BCUT2D eigenvalue weighted by Crippen LogP contribution is -2.47. The first-order valence-corrected chi connectivity index (χ1v) is 13.4. The van der Waals surface area contributed by atoms with Crippen LogP contribution in [0.3, 0.4) is 0 Å². The number of pyridine rings is 1. The molecule has 1 fully saturated rings. The number of nitrogens with zero attached hydrogens (tertiary/aromatic N) is 3. The Bertz CT molecular complexity index is 1540. The molecule has 210 valence electrons. The largest absolute Gasteiger partial charge is 0.486 e. The van der Waals surface area contributed by atoms with Gasteiger partial charge in [-0.05, 0) is 49.7 Å². The molecule has 1 N–H and O–H groups in total. The van der Waals surface area contributed by atoms with Gasteiger partial charge < -0.3 is 10.1 Å². The molecule has 1 aliphatic heterocycles. The Labute approximate surface area is 235 Å². The summed E-state index contributed by atoms with van der Waals surface area (Å²) in [6.07, 6.45) is 0. The Morgan fingerprint density at radius 2 is 1.62 bits per heavy atom. The van der Waals surface area contributed by atoms with E-state index in [1.54, 1.807) is 37.3 Å². The Hall–Kier alpha value is -3.40. The summed E-state index contributed by atoms with van der Waals surface area (Å²) >= 11 is 6.19. The van der Waals surface area contributed by atoms with Crippen LogP contribution in [0.2, 0.25) is 5.02 Å². The number of ether oxygens (including phenoxy) is 1. The second kappa shape index (κ2) is 12.0. The van der Waals surface area contributed by atoms with Crippen molar-refractivity contribution >= 4 is 33.9 Å². The first-order valence-electron chi connectivity index (χ1n) is 13.0. The van der Waals surface area contributed by atoms with Gasteiger partial charge in [0.1, 0.15) is 18.1 Å². The van der Waals surface area contributed by atoms with Gasteiger partial charge in [0.05, 0.1) is 5.52 Å². The summed E-state index contributed by atoms with van der Waals surface area (Å²) in [6.45, 7) is 6.86. The van der Waals surface area contributed by atoms with Crippen molar-refractivity contribution in [2.24, 2.45) is 0 Å². The van der Waals surface area contributed by atoms with Crippen molar-refractivity contribution in [3.63, 3.8) is 0 Å². The lowest BCUT2D eigenvalue weighted by Gasteiger charge is -2.34. The Balaban J connectivity index is 1.24. The third-order valence-corrected chi connectivity index (χ3v) is 7.49. The highest BCUT2D eigenvalue weighted by Crippen LogP contribution is 2.37. The molecule has 4 aromatic rings. The molecule has 2 heterocycles. The molecule has 1 saturated heterocycles. The highest BCUT2D eigenvalue weighted by Gasteiger charge is 2.26. The molecular weight excluding hydrogens is 544 g/mol. The van der Waals surface area contributed by atoms with E-state index in [1.165, 1.54) is 19.1 Å². The molecule has 1 aromatic heterocycles. The second-order valence-electron chi connectivity index (χ2n) is 9.93. The van der Waals surface area contributed by atoms with Gasteiger partial charge in [-0.25, -0.2) is 17.6 Å². The zero-order valence-corrected chi connectivity index (χ0v) is 23.0. The van der Waals surface area contributed by atoms with Crippen LogP contribution >= 0.6 is 11.6 Å². The molecule has 0 aliphatic carbocycles. The van der Waals surface area contributed by atoms with Crippen LogP contribution in [0, 0.1) is 37.1 Å². The lowest BCUT2D eigenvalue weighted by molar-refractivity contribution is 0.111. The number of aryl methyl sites for hydroxylation is 1. The Morgan fingerprint density at radius 1 is 0.900 bits per heavy atom. The van der Waals surface area contributed by atoms with E-state index in [1.807, 2.05) is 6.07 Å². The van der Waals surface area contributed by atoms with Crippen molar-refractivity contribution in [1.82, 2.24) is 14.8 Å². The minimum atomic E-state index is -1.13. The lowest BCUT2D eigenvalue weighted by atomic mass is 10.1. The summed E-state index contributed by atoms with van der Waals surface area (Å²) < 4.78 is 64.7. The molecule has 0 atom stereocenters. The molecule has 5 rings (SSSR count). The number of halogens is 5. The van der Waals surface area contributed by atoms with Gasteiger partial charge in [0.2, 0.25) is 0 Å². The topological polar surface area (TPSA) is 40.6 Å². The van der Waals surface area contributed by atoms with E-state index in [0.717, 1.165) is 18.7 Å². The minimum absolute atomic E-state index is 0.0192. The Morgan fingerprint density at radius 3 is 2.40 bits per heavy atom. The van der Waals surface area contributed by atoms with Crippen LogP contribution < -0.4 is 10.1 Å². The van der Waals surface area contributed by atoms with Crippen LogP contribution in [0.15, 0.2) is 48.5 Å². The SMILES string of the molecule is Cc1cc(Nc2c(F)c(C)c(F)c(OCCN3CCN(Cc4cc(F)ccc4Cl)CC3)c2F)c2ccccc2n1. The minimum Gasteiger partial charge on any atom is -0.486 e. The zero-order chi connectivity index (χ0) is 28.4. The smallest absolute Gasteiger partial charge is 0.194 e. The van der Waals surface area contributed by atoms with Crippen molar-refractivity contribution in [1.29, 1.82) is 0 Å². The normalized spacial score (nSPS) is 14.6. The summed E-state index contributed by atoms with van der Waals surface area (Å²) in [5, 5.41) is 4.02. The van der Waals surface area contributed by atoms with Gasteiger partial charge in [-0.3, -0.25) is 14.8 Å². The quantitative estimate of drug-likeness (QED) is 0.230. The summed E-state index contributed by atoms with van der Waals surface area (Å²) in [5.74, 6) is -4.15. The fraction of sp³-hybridized carbons (Fsp3) is 0.300. The number of rotatable bonds is 8. The zero-order valence-electron chi connectivity index (χ0n) is 22.2. The van der Waals surface area contributed by atoms with E-state index < -0.39 is 28.9 Å². The van der Waals surface area contributed by atoms with E-state index in [-0.39, 0.29) is 18.0 Å². The highest BCUT2D eigenvalue weighted by molar-refractivity contribution is 6.31. The van der Waals surface area contributed by atoms with Crippen LogP contribution in [0.1, 0.15) is 16.8 Å². The van der Waals surface area contributed by atoms with E-state index in [4.69, 9.17) is 16.3 Å². The van der Waals surface area contributed by atoms with Gasteiger partial charge >= 0.3 is 0 Å². The number of fused-ring (bicyclic) bond motifs is 1. The summed E-state index contributed by atoms with van der Waals surface area (Å²) in [4.78, 5) is 8.73. The number of hydrogen-bond acceptors (Lipinski definition) is 5. The van der Waals surface area contributed by atoms with E-state index in [0.29, 0.717) is 53.5 Å². The molecule has 1 aliphatic rings. The fourth-order valence-electron chi connectivity index (χ4n) is 4.90. The standard InChI is InChI=1S/C30H29ClF4N4O/c1-18-15-25(22-5-3-4-6-24(22)36-18)37-29-26(33)19(2)27(34)30(28(29)35)40-14-13-38-9-11-39(12-10-38)17-20-16-21(32)7-8-23(20)31/h3-8,15-16H,9-14,17H2,1-2H3,(H,36,37). The van der Waals surface area contributed by atoms with Crippen LogP contribution in [0.4, 0.5) is 28.9 Å². The van der Waals surface area contributed by atoms with Crippen LogP contribution in [-0.4, -0.2) is 54.1 Å². The number of nitrogens with one attached hydrogen (secondary N) is 1. The summed E-state index contributed by atoms with van der Waals surface area (Å²) in [6, 6.07) is 13.2. The summed E-state index contributed by atoms with van der Waals surface area (Å²) in [7, 11) is 0. The molecule has 3 aromatic carbocycles. The number of anilines is 2. The van der Waals surface area contributed by atoms with Crippen molar-refractivity contribution < 1.29 is 22.3 Å². The van der Waals surface area contributed by atoms with Crippen LogP contribution in [-0.2, 0) is 6.54 Å². The third-order valence-electron chi connectivity index (χ3n) is 7.12. The molecule has 0 unspecified atom stereocenters. The predicted molar refractivity (Wildman–Crippen MR) is 149 cm³/mol. The molecule has 5 nitrogen and oxygen atoms in total. The van der Waals surface area contributed by atoms with E-state index in [9.17, 15) is 8.78 Å². The number of hydrogen-bond donors (Lipinski definition) is 1. The molecule has 0 amide bonds. The third kappa shape index (κ3) is 6.01. The Kier molecular flexibility index (Phi) is 8.44. The number of benzene rings is 3. The maximum Gasteiger partial charge on any atom is 0.194 e. The summed E-state index contributed by atoms with van der Waals surface area (Å²) in [5.41, 5.74) is 1.70. The molecule has 0 saturated carbocycles. The molecule has 0 radical (unpaired) electrons. The maximum atomic E-state index is 15.5. The van der Waals surface area contributed by atoms with Gasteiger partial charge in [0.15, 0.2) is 23.2 Å². The number of aromatic nitrogens is 1. The van der Waals surface area contributed by atoms with E-state index in [2.05, 4.69) is 20.1 Å². The second-order valence-corrected chi connectivity index (χ2v) is 10.3. The van der Waals surface area contributed by atoms with Gasteiger partial charge in [0, 0.05) is 66.6 Å². The molecular formula is C30H29ClF4N4O. The van der Waals surface area contributed by atoms with Crippen LogP contribution in [0.25, 0.3) is 10.9 Å². The average Bonchev–Trinajstić information content (AvgIpc) is 2.94.